The molecule has 1 nitrogen and oxygen atoms in total. The number of rotatable bonds is 3. The van der Waals surface area contributed by atoms with Gasteiger partial charge in [0.05, 0.1) is 14.1 Å². The summed E-state index contributed by atoms with van der Waals surface area (Å²) in [6.07, 6.45) is 5.45. The van der Waals surface area contributed by atoms with Crippen LogP contribution in [0.5, 0.6) is 0 Å². The molecule has 2 aromatic rings. The number of benzene rings is 2. The van der Waals surface area contributed by atoms with Crippen molar-refractivity contribution in [3.8, 4) is 12.3 Å². The fourth-order valence-corrected chi connectivity index (χ4v) is 2.39. The van der Waals surface area contributed by atoms with Crippen LogP contribution in [0.3, 0.4) is 0 Å². The van der Waals surface area contributed by atoms with Crippen molar-refractivity contribution in [1.29, 1.82) is 0 Å². The largest absolute Gasteiger partial charge is 1.00 e. The van der Waals surface area contributed by atoms with Crippen LogP contribution in [0.1, 0.15) is 11.1 Å². The molecule has 19 heavy (non-hydrogen) atoms. The summed E-state index contributed by atoms with van der Waals surface area (Å²) in [6.45, 7) is 3.90. The zero-order chi connectivity index (χ0) is 13.2. The first-order valence-electron chi connectivity index (χ1n) is 6.26. The Morgan fingerprint density at radius 2 is 1.79 bits per heavy atom. The molecular formula is C17H20BrN. The van der Waals surface area contributed by atoms with E-state index in [1.54, 1.807) is 0 Å². The van der Waals surface area contributed by atoms with Crippen molar-refractivity contribution in [3.63, 3.8) is 0 Å². The third-order valence-electron chi connectivity index (χ3n) is 3.38. The van der Waals surface area contributed by atoms with Gasteiger partial charge in [-0.15, -0.1) is 6.42 Å². The van der Waals surface area contributed by atoms with Crippen LogP contribution >= 0.6 is 0 Å². The third kappa shape index (κ3) is 3.59. The average molecular weight is 318 g/mol. The molecule has 0 saturated carbocycles. The first-order valence-corrected chi connectivity index (χ1v) is 6.26. The van der Waals surface area contributed by atoms with Crippen LogP contribution < -0.4 is 17.0 Å². The van der Waals surface area contributed by atoms with Crippen LogP contribution in [0.4, 0.5) is 0 Å². The van der Waals surface area contributed by atoms with Crippen molar-refractivity contribution in [1.82, 2.24) is 0 Å². The fraction of sp³-hybridized carbons (Fsp3) is 0.294. The van der Waals surface area contributed by atoms with Gasteiger partial charge >= 0.3 is 0 Å². The number of fused-ring (bicyclic) bond motifs is 1. The minimum Gasteiger partial charge on any atom is -1.00 e. The molecule has 0 spiro atoms. The number of quaternary nitrogens is 1. The van der Waals surface area contributed by atoms with E-state index >= 15 is 0 Å². The topological polar surface area (TPSA) is 0 Å². The van der Waals surface area contributed by atoms with Gasteiger partial charge in [0.2, 0.25) is 0 Å². The van der Waals surface area contributed by atoms with Crippen LogP contribution in [0.15, 0.2) is 36.4 Å². The highest BCUT2D eigenvalue weighted by atomic mass is 79.9. The minimum atomic E-state index is 0. The molecule has 0 fully saturated rings. The Labute approximate surface area is 126 Å². The summed E-state index contributed by atoms with van der Waals surface area (Å²) in [5.41, 5.74) is 2.75. The molecule has 0 atom stereocenters. The Hall–Kier alpha value is -1.30. The van der Waals surface area contributed by atoms with Crippen LogP contribution in [0, 0.1) is 19.3 Å². The molecule has 0 amide bonds. The van der Waals surface area contributed by atoms with E-state index in [9.17, 15) is 0 Å². The van der Waals surface area contributed by atoms with E-state index < -0.39 is 0 Å². The Morgan fingerprint density at radius 1 is 1.11 bits per heavy atom. The molecule has 0 N–H and O–H groups in total. The Balaban J connectivity index is 0.00000180. The predicted octanol–water partition coefficient (Wildman–Crippen LogP) is 0.362. The first-order chi connectivity index (χ1) is 8.53. The summed E-state index contributed by atoms with van der Waals surface area (Å²) in [4.78, 5) is 0. The number of nitrogens with zero attached hydrogens (tertiary/aromatic N) is 1. The predicted molar refractivity (Wildman–Crippen MR) is 78.2 cm³/mol. The van der Waals surface area contributed by atoms with E-state index in [0.29, 0.717) is 0 Å². The lowest BCUT2D eigenvalue weighted by Gasteiger charge is -2.28. The molecule has 0 bridgehead atoms. The molecule has 0 aliphatic rings. The van der Waals surface area contributed by atoms with Crippen molar-refractivity contribution >= 4 is 10.8 Å². The van der Waals surface area contributed by atoms with E-state index in [1.165, 1.54) is 21.9 Å². The van der Waals surface area contributed by atoms with Gasteiger partial charge in [-0.25, -0.2) is 0 Å². The van der Waals surface area contributed by atoms with Crippen molar-refractivity contribution < 1.29 is 21.5 Å². The molecule has 100 valence electrons. The molecule has 2 heteroatoms. The lowest BCUT2D eigenvalue weighted by molar-refractivity contribution is -0.896. The molecule has 0 saturated heterocycles. The molecule has 2 rings (SSSR count). The van der Waals surface area contributed by atoms with Gasteiger partial charge in [0.1, 0.15) is 13.1 Å². The van der Waals surface area contributed by atoms with Gasteiger partial charge in [0.25, 0.3) is 0 Å². The highest BCUT2D eigenvalue weighted by molar-refractivity contribution is 5.86. The van der Waals surface area contributed by atoms with Crippen molar-refractivity contribution in [2.45, 2.75) is 13.5 Å². The highest BCUT2D eigenvalue weighted by Crippen LogP contribution is 2.24. The second-order valence-electron chi connectivity index (χ2n) is 5.54. The van der Waals surface area contributed by atoms with E-state index in [-0.39, 0.29) is 17.0 Å². The van der Waals surface area contributed by atoms with Gasteiger partial charge in [-0.1, -0.05) is 36.4 Å². The van der Waals surface area contributed by atoms with E-state index in [0.717, 1.165) is 17.6 Å². The normalized spacial score (nSPS) is 10.8. The summed E-state index contributed by atoms with van der Waals surface area (Å²) in [7, 11) is 4.36. The minimum absolute atomic E-state index is 0. The number of halogens is 1. The quantitative estimate of drug-likeness (QED) is 0.566. The summed E-state index contributed by atoms with van der Waals surface area (Å²) < 4.78 is 0.825. The van der Waals surface area contributed by atoms with Crippen molar-refractivity contribution in [3.05, 3.63) is 47.5 Å². The second kappa shape index (κ2) is 6.23. The van der Waals surface area contributed by atoms with Crippen LogP contribution in [-0.2, 0) is 6.54 Å². The number of hydrogen-bond donors (Lipinski definition) is 0. The lowest BCUT2D eigenvalue weighted by Crippen LogP contribution is -3.00. The van der Waals surface area contributed by atoms with Crippen LogP contribution in [0.25, 0.3) is 10.8 Å². The Kier molecular flexibility index (Phi) is 5.17. The smallest absolute Gasteiger partial charge is 0.140 e. The maximum absolute atomic E-state index is 5.45. The van der Waals surface area contributed by atoms with Crippen molar-refractivity contribution in [2.75, 3.05) is 20.6 Å². The Bertz CT molecular complexity index is 608. The molecule has 0 aliphatic carbocycles. The van der Waals surface area contributed by atoms with Gasteiger partial charge in [-0.05, 0) is 29.2 Å². The SMILES string of the molecule is C#CC[N+](C)(C)Cc1c(C)ccc2ccccc12.[Br-]. The van der Waals surface area contributed by atoms with Gasteiger partial charge in [-0.3, -0.25) is 0 Å². The average Bonchev–Trinajstić information content (AvgIpc) is 2.33. The van der Waals surface area contributed by atoms with Gasteiger partial charge in [0.15, 0.2) is 0 Å². The standard InChI is InChI=1S/C17H20N.BrH/c1-5-12-18(3,4)13-17-14(2)10-11-15-8-6-7-9-16(15)17;/h1,6-11H,12-13H2,2-4H3;1H/q+1;/p-1. The highest BCUT2D eigenvalue weighted by Gasteiger charge is 2.17. The van der Waals surface area contributed by atoms with E-state index in [4.69, 9.17) is 6.42 Å². The molecule has 0 aromatic heterocycles. The van der Waals surface area contributed by atoms with Crippen LogP contribution in [0.2, 0.25) is 0 Å². The maximum atomic E-state index is 5.45. The Morgan fingerprint density at radius 3 is 2.47 bits per heavy atom. The monoisotopic (exact) mass is 317 g/mol. The van der Waals surface area contributed by atoms with E-state index in [2.05, 4.69) is 63.3 Å². The first kappa shape index (κ1) is 15.8. The van der Waals surface area contributed by atoms with Crippen molar-refractivity contribution in [2.24, 2.45) is 0 Å². The lowest BCUT2D eigenvalue weighted by atomic mass is 9.99. The van der Waals surface area contributed by atoms with Gasteiger partial charge in [-0.2, -0.15) is 0 Å². The van der Waals surface area contributed by atoms with Crippen LogP contribution in [-0.4, -0.2) is 25.1 Å². The summed E-state index contributed by atoms with van der Waals surface area (Å²) in [5.74, 6) is 2.77. The zero-order valence-corrected chi connectivity index (χ0v) is 13.4. The number of aryl methyl sites for hydroxylation is 1. The summed E-state index contributed by atoms with van der Waals surface area (Å²) in [5, 5.41) is 2.65. The molecule has 0 radical (unpaired) electrons. The summed E-state index contributed by atoms with van der Waals surface area (Å²) in [6, 6.07) is 12.9. The van der Waals surface area contributed by atoms with Gasteiger partial charge in [0, 0.05) is 5.56 Å². The number of terminal acetylenes is 1. The summed E-state index contributed by atoms with van der Waals surface area (Å²) >= 11 is 0. The fourth-order valence-electron chi connectivity index (χ4n) is 2.39. The number of hydrogen-bond acceptors (Lipinski definition) is 0. The second-order valence-corrected chi connectivity index (χ2v) is 5.54. The zero-order valence-electron chi connectivity index (χ0n) is 11.8. The maximum Gasteiger partial charge on any atom is 0.140 e. The molecule has 2 aromatic carbocycles. The molecule has 0 heterocycles. The van der Waals surface area contributed by atoms with E-state index in [1.807, 2.05) is 0 Å². The molecule has 0 aliphatic heterocycles. The third-order valence-corrected chi connectivity index (χ3v) is 3.38. The molecular weight excluding hydrogens is 298 g/mol. The van der Waals surface area contributed by atoms with Gasteiger partial charge < -0.3 is 21.5 Å². The molecule has 0 unspecified atom stereocenters.